The molecule has 43 heavy (non-hydrogen) atoms. The topological polar surface area (TPSA) is 93.2 Å². The lowest BCUT2D eigenvalue weighted by molar-refractivity contribution is -0.158. The first-order valence-corrected chi connectivity index (χ1v) is 14.8. The standard InChI is InChI=1S/C29H40F4N6O4/c1-6-28(16-41-24(32)33)15-37(10-11-39(28)26(40)43-27(3,4)5)23-20-13-34-18(2)21(31)22(20)35-25(36-23)42-17-29-8-7-9-38(29)14-19(30)12-29/h13,19,24H,6-12,14-17H2,1-5H3/t19-,28-,29+/m1/s1. The zero-order chi connectivity index (χ0) is 31.2. The number of carbonyl (C=O) groups is 1. The first-order valence-electron chi connectivity index (χ1n) is 14.8. The summed E-state index contributed by atoms with van der Waals surface area (Å²) in [6, 6.07) is -0.0731. The third-order valence-electron chi connectivity index (χ3n) is 8.75. The number of anilines is 1. The Morgan fingerprint density at radius 3 is 2.65 bits per heavy atom. The molecule has 0 bridgehead atoms. The Kier molecular flexibility index (Phi) is 8.64. The van der Waals surface area contributed by atoms with Crippen molar-refractivity contribution in [3.63, 3.8) is 0 Å². The van der Waals surface area contributed by atoms with Gasteiger partial charge in [-0.15, -0.1) is 0 Å². The van der Waals surface area contributed by atoms with Gasteiger partial charge in [-0.05, 0) is 53.5 Å². The number of pyridine rings is 1. The van der Waals surface area contributed by atoms with Crippen molar-refractivity contribution in [2.75, 3.05) is 50.8 Å². The van der Waals surface area contributed by atoms with E-state index in [4.69, 9.17) is 14.2 Å². The number of alkyl halides is 3. The Morgan fingerprint density at radius 2 is 1.95 bits per heavy atom. The summed E-state index contributed by atoms with van der Waals surface area (Å²) in [5.74, 6) is -0.341. The summed E-state index contributed by atoms with van der Waals surface area (Å²) >= 11 is 0. The van der Waals surface area contributed by atoms with Crippen LogP contribution in [0.25, 0.3) is 10.9 Å². The van der Waals surface area contributed by atoms with Gasteiger partial charge in [0.15, 0.2) is 5.82 Å². The largest absolute Gasteiger partial charge is 0.461 e. The molecule has 238 valence electrons. The third kappa shape index (κ3) is 6.31. The second-order valence-electron chi connectivity index (χ2n) is 12.8. The molecular weight excluding hydrogens is 572 g/mol. The van der Waals surface area contributed by atoms with E-state index in [0.717, 1.165) is 19.4 Å². The van der Waals surface area contributed by atoms with Gasteiger partial charge in [0.25, 0.3) is 0 Å². The van der Waals surface area contributed by atoms with Crippen LogP contribution in [0.5, 0.6) is 6.01 Å². The van der Waals surface area contributed by atoms with Gasteiger partial charge >= 0.3 is 18.7 Å². The summed E-state index contributed by atoms with van der Waals surface area (Å²) in [5.41, 5.74) is -2.34. The Hall–Kier alpha value is -3.00. The monoisotopic (exact) mass is 612 g/mol. The maximum Gasteiger partial charge on any atom is 0.410 e. The predicted octanol–water partition coefficient (Wildman–Crippen LogP) is 4.87. The molecule has 0 aromatic carbocycles. The van der Waals surface area contributed by atoms with E-state index >= 15 is 4.39 Å². The molecule has 3 saturated heterocycles. The molecule has 0 saturated carbocycles. The van der Waals surface area contributed by atoms with Crippen molar-refractivity contribution in [2.24, 2.45) is 0 Å². The number of ether oxygens (including phenoxy) is 3. The lowest BCUT2D eigenvalue weighted by Gasteiger charge is -2.50. The predicted molar refractivity (Wildman–Crippen MR) is 151 cm³/mol. The highest BCUT2D eigenvalue weighted by Crippen LogP contribution is 2.41. The normalized spacial score (nSPS) is 26.4. The zero-order valence-corrected chi connectivity index (χ0v) is 25.3. The molecule has 0 N–H and O–H groups in total. The van der Waals surface area contributed by atoms with Crippen LogP contribution in [0.4, 0.5) is 28.2 Å². The first kappa shape index (κ1) is 31.4. The van der Waals surface area contributed by atoms with Gasteiger partial charge in [0.2, 0.25) is 0 Å². The van der Waals surface area contributed by atoms with E-state index in [0.29, 0.717) is 24.2 Å². The number of nitrogens with zero attached hydrogens (tertiary/aromatic N) is 6. The number of rotatable bonds is 8. The molecule has 1 amide bonds. The van der Waals surface area contributed by atoms with Gasteiger partial charge in [0.1, 0.15) is 29.7 Å². The molecule has 2 aromatic rings. The Balaban J connectivity index is 1.50. The molecule has 0 spiro atoms. The Morgan fingerprint density at radius 1 is 1.19 bits per heavy atom. The smallest absolute Gasteiger partial charge is 0.410 e. The van der Waals surface area contributed by atoms with Crippen molar-refractivity contribution >= 4 is 22.8 Å². The Bertz CT molecular complexity index is 1350. The summed E-state index contributed by atoms with van der Waals surface area (Å²) in [5, 5.41) is 0.311. The van der Waals surface area contributed by atoms with Crippen LogP contribution in [-0.2, 0) is 9.47 Å². The summed E-state index contributed by atoms with van der Waals surface area (Å²) < 4.78 is 72.9. The van der Waals surface area contributed by atoms with Gasteiger partial charge < -0.3 is 19.1 Å². The maximum absolute atomic E-state index is 15.4. The van der Waals surface area contributed by atoms with E-state index in [-0.39, 0.29) is 49.9 Å². The number of amides is 1. The second kappa shape index (κ2) is 11.8. The van der Waals surface area contributed by atoms with E-state index in [1.807, 2.05) is 0 Å². The van der Waals surface area contributed by atoms with Crippen LogP contribution in [0, 0.1) is 12.7 Å². The number of aromatic nitrogens is 3. The fourth-order valence-electron chi connectivity index (χ4n) is 6.57. The average Bonchev–Trinajstić information content (AvgIpc) is 3.47. The molecule has 3 aliphatic heterocycles. The van der Waals surface area contributed by atoms with Crippen molar-refractivity contribution in [1.29, 1.82) is 0 Å². The molecule has 0 unspecified atom stereocenters. The van der Waals surface area contributed by atoms with E-state index in [1.54, 1.807) is 32.6 Å². The minimum absolute atomic E-state index is 0.00330. The second-order valence-corrected chi connectivity index (χ2v) is 12.8. The van der Waals surface area contributed by atoms with E-state index in [2.05, 4.69) is 19.9 Å². The number of halogens is 4. The highest BCUT2D eigenvalue weighted by atomic mass is 19.3. The zero-order valence-electron chi connectivity index (χ0n) is 25.3. The summed E-state index contributed by atoms with van der Waals surface area (Å²) in [6.07, 6.45) is 2.20. The van der Waals surface area contributed by atoms with Crippen LogP contribution < -0.4 is 9.64 Å². The number of hydrogen-bond donors (Lipinski definition) is 0. The molecule has 3 fully saturated rings. The molecule has 0 aliphatic carbocycles. The van der Waals surface area contributed by atoms with Crippen molar-refractivity contribution in [3.05, 3.63) is 17.7 Å². The first-order chi connectivity index (χ1) is 20.3. The van der Waals surface area contributed by atoms with E-state index < -0.39 is 48.0 Å². The molecule has 10 nitrogen and oxygen atoms in total. The minimum atomic E-state index is -3.05. The van der Waals surface area contributed by atoms with Gasteiger partial charge in [0, 0.05) is 38.8 Å². The number of fused-ring (bicyclic) bond motifs is 2. The molecule has 5 heterocycles. The number of piperazine rings is 1. The lowest BCUT2D eigenvalue weighted by Crippen LogP contribution is -2.66. The maximum atomic E-state index is 15.4. The fourth-order valence-corrected chi connectivity index (χ4v) is 6.57. The molecule has 2 aromatic heterocycles. The van der Waals surface area contributed by atoms with Crippen LogP contribution in [-0.4, -0.2) is 106 Å². The van der Waals surface area contributed by atoms with Crippen LogP contribution >= 0.6 is 0 Å². The van der Waals surface area contributed by atoms with Gasteiger partial charge in [-0.1, -0.05) is 6.92 Å². The van der Waals surface area contributed by atoms with E-state index in [1.165, 1.54) is 18.0 Å². The van der Waals surface area contributed by atoms with Gasteiger partial charge in [-0.2, -0.15) is 18.7 Å². The van der Waals surface area contributed by atoms with Gasteiger partial charge in [-0.25, -0.2) is 13.6 Å². The van der Waals surface area contributed by atoms with Crippen molar-refractivity contribution in [1.82, 2.24) is 24.8 Å². The van der Waals surface area contributed by atoms with Crippen molar-refractivity contribution < 1.29 is 36.6 Å². The van der Waals surface area contributed by atoms with Crippen molar-refractivity contribution in [2.45, 2.75) is 89.8 Å². The number of hydrogen-bond acceptors (Lipinski definition) is 9. The quantitative estimate of drug-likeness (QED) is 0.387. The van der Waals surface area contributed by atoms with Crippen LogP contribution in [0.15, 0.2) is 6.20 Å². The van der Waals surface area contributed by atoms with Crippen molar-refractivity contribution in [3.8, 4) is 6.01 Å². The minimum Gasteiger partial charge on any atom is -0.461 e. The fraction of sp³-hybridized carbons (Fsp3) is 0.724. The number of aryl methyl sites for hydroxylation is 1. The van der Waals surface area contributed by atoms with E-state index in [9.17, 15) is 18.0 Å². The molecule has 0 radical (unpaired) electrons. The molecular formula is C29H40F4N6O4. The average molecular weight is 613 g/mol. The lowest BCUT2D eigenvalue weighted by atomic mass is 9.91. The summed E-state index contributed by atoms with van der Waals surface area (Å²) in [4.78, 5) is 31.8. The highest BCUT2D eigenvalue weighted by Gasteiger charge is 2.50. The molecule has 3 aliphatic rings. The van der Waals surface area contributed by atoms with Gasteiger partial charge in [-0.3, -0.25) is 14.8 Å². The van der Waals surface area contributed by atoms with Crippen LogP contribution in [0.3, 0.4) is 0 Å². The third-order valence-corrected chi connectivity index (χ3v) is 8.75. The molecule has 3 atom stereocenters. The summed E-state index contributed by atoms with van der Waals surface area (Å²) in [7, 11) is 0. The van der Waals surface area contributed by atoms with Gasteiger partial charge in [0.05, 0.1) is 28.8 Å². The SMILES string of the molecule is CC[C@]1(COC(F)F)CN(c2nc(OC[C@@]34CCCN3C[C@H](F)C4)nc3c(F)c(C)ncc23)CCN1C(=O)OC(C)(C)C. The molecule has 5 rings (SSSR count). The summed E-state index contributed by atoms with van der Waals surface area (Å²) in [6.45, 7) is 6.65. The molecule has 14 heteroatoms. The Labute approximate surface area is 248 Å². The van der Waals surface area contributed by atoms with Crippen LogP contribution in [0.2, 0.25) is 0 Å². The highest BCUT2D eigenvalue weighted by molar-refractivity contribution is 5.90. The number of carbonyl (C=O) groups excluding carboxylic acids is 1. The van der Waals surface area contributed by atoms with Crippen LogP contribution in [0.1, 0.15) is 59.1 Å².